The maximum Gasteiger partial charge on any atom is 0.171 e. The third kappa shape index (κ3) is 1.47. The average molecular weight is 181 g/mol. The van der Waals surface area contributed by atoms with Crippen LogP contribution in [-0.4, -0.2) is 32.5 Å². The van der Waals surface area contributed by atoms with Crippen molar-refractivity contribution < 1.29 is 9.90 Å². The van der Waals surface area contributed by atoms with Gasteiger partial charge in [-0.3, -0.25) is 4.79 Å². The van der Waals surface area contributed by atoms with Crippen molar-refractivity contribution in [3.8, 4) is 0 Å². The Morgan fingerprint density at radius 3 is 3.00 bits per heavy atom. The van der Waals surface area contributed by atoms with Gasteiger partial charge >= 0.3 is 0 Å². The van der Waals surface area contributed by atoms with Gasteiger partial charge < -0.3 is 5.11 Å². The molecule has 1 aliphatic rings. The maximum atomic E-state index is 10.3. The summed E-state index contributed by atoms with van der Waals surface area (Å²) >= 11 is 0. The van der Waals surface area contributed by atoms with Crippen molar-refractivity contribution in [1.82, 2.24) is 15.0 Å². The number of aldehydes is 1. The number of nitrogens with zero attached hydrogens (tertiary/aromatic N) is 3. The normalized spacial score (nSPS) is 27.8. The van der Waals surface area contributed by atoms with Crippen molar-refractivity contribution in [1.29, 1.82) is 0 Å². The minimum Gasteiger partial charge on any atom is -0.391 e. The van der Waals surface area contributed by atoms with Crippen LogP contribution in [0.3, 0.4) is 0 Å². The lowest BCUT2D eigenvalue weighted by Gasteiger charge is -2.13. The summed E-state index contributed by atoms with van der Waals surface area (Å²) in [5, 5.41) is 17.0. The van der Waals surface area contributed by atoms with E-state index in [0.29, 0.717) is 12.0 Å². The number of hydrogen-bond donors (Lipinski definition) is 1. The molecule has 1 aromatic rings. The molecule has 1 fully saturated rings. The summed E-state index contributed by atoms with van der Waals surface area (Å²) in [6, 6.07) is 0.00111. The Balaban J connectivity index is 2.19. The Labute approximate surface area is 75.4 Å². The van der Waals surface area contributed by atoms with Gasteiger partial charge in [-0.05, 0) is 19.3 Å². The summed E-state index contributed by atoms with van der Waals surface area (Å²) in [7, 11) is 0. The molecule has 2 rings (SSSR count). The van der Waals surface area contributed by atoms with E-state index in [1.54, 1.807) is 10.9 Å². The van der Waals surface area contributed by atoms with E-state index in [1.807, 2.05) is 0 Å². The fraction of sp³-hybridized carbons (Fsp3) is 0.625. The Morgan fingerprint density at radius 1 is 1.62 bits per heavy atom. The van der Waals surface area contributed by atoms with Crippen LogP contribution in [0.25, 0.3) is 0 Å². The SMILES string of the molecule is O=Cc1cn(C2CCCC2O)nn1. The molecule has 0 bridgehead atoms. The van der Waals surface area contributed by atoms with Crippen LogP contribution in [0, 0.1) is 0 Å². The standard InChI is InChI=1S/C8H11N3O2/c12-5-6-4-11(10-9-6)7-2-1-3-8(7)13/h4-5,7-8,13H,1-3H2. The number of carbonyl (C=O) groups excluding carboxylic acids is 1. The number of aliphatic hydroxyl groups excluding tert-OH is 1. The first-order valence-corrected chi connectivity index (χ1v) is 4.36. The maximum absolute atomic E-state index is 10.3. The van der Waals surface area contributed by atoms with Crippen molar-refractivity contribution in [2.24, 2.45) is 0 Å². The molecule has 0 amide bonds. The van der Waals surface area contributed by atoms with Gasteiger partial charge in [0, 0.05) is 0 Å². The molecule has 70 valence electrons. The number of carbonyl (C=O) groups is 1. The Hall–Kier alpha value is -1.23. The van der Waals surface area contributed by atoms with E-state index in [9.17, 15) is 9.90 Å². The molecule has 0 radical (unpaired) electrons. The lowest BCUT2D eigenvalue weighted by atomic mass is 10.2. The highest BCUT2D eigenvalue weighted by molar-refractivity contribution is 5.70. The van der Waals surface area contributed by atoms with Gasteiger partial charge in [0.1, 0.15) is 5.69 Å². The van der Waals surface area contributed by atoms with Crippen molar-refractivity contribution in [3.63, 3.8) is 0 Å². The monoisotopic (exact) mass is 181 g/mol. The van der Waals surface area contributed by atoms with Crippen LogP contribution in [0.5, 0.6) is 0 Å². The number of aliphatic hydroxyl groups is 1. The second-order valence-electron chi connectivity index (χ2n) is 3.31. The van der Waals surface area contributed by atoms with E-state index in [1.165, 1.54) is 0 Å². The Kier molecular flexibility index (Phi) is 2.10. The average Bonchev–Trinajstić information content (AvgIpc) is 2.71. The molecule has 2 atom stereocenters. The highest BCUT2D eigenvalue weighted by Gasteiger charge is 2.27. The van der Waals surface area contributed by atoms with E-state index in [-0.39, 0.29) is 12.1 Å². The lowest BCUT2D eigenvalue weighted by molar-refractivity contribution is 0.111. The topological polar surface area (TPSA) is 68.0 Å². The van der Waals surface area contributed by atoms with Gasteiger partial charge in [-0.1, -0.05) is 5.21 Å². The van der Waals surface area contributed by atoms with Crippen LogP contribution in [-0.2, 0) is 0 Å². The summed E-state index contributed by atoms with van der Waals surface area (Å²) in [5.74, 6) is 0. The first-order valence-electron chi connectivity index (χ1n) is 4.36. The first-order chi connectivity index (χ1) is 6.31. The van der Waals surface area contributed by atoms with Gasteiger partial charge in [0.05, 0.1) is 18.3 Å². The molecule has 0 saturated heterocycles. The zero-order chi connectivity index (χ0) is 9.26. The molecule has 1 N–H and O–H groups in total. The molecule has 2 unspecified atom stereocenters. The minimum atomic E-state index is -0.346. The Bertz CT molecular complexity index is 310. The fourth-order valence-corrected chi connectivity index (χ4v) is 1.74. The summed E-state index contributed by atoms with van der Waals surface area (Å²) in [6.07, 6.45) is 4.60. The third-order valence-corrected chi connectivity index (χ3v) is 2.43. The van der Waals surface area contributed by atoms with Crippen LogP contribution < -0.4 is 0 Å². The van der Waals surface area contributed by atoms with E-state index < -0.39 is 0 Å². The van der Waals surface area contributed by atoms with Crippen LogP contribution in [0.15, 0.2) is 6.20 Å². The van der Waals surface area contributed by atoms with Crippen molar-refractivity contribution >= 4 is 6.29 Å². The third-order valence-electron chi connectivity index (χ3n) is 2.43. The van der Waals surface area contributed by atoms with E-state index in [0.717, 1.165) is 19.3 Å². The van der Waals surface area contributed by atoms with Gasteiger partial charge in [0.2, 0.25) is 0 Å². The van der Waals surface area contributed by atoms with Crippen LogP contribution in [0.4, 0.5) is 0 Å². The zero-order valence-corrected chi connectivity index (χ0v) is 7.13. The molecule has 13 heavy (non-hydrogen) atoms. The number of aromatic nitrogens is 3. The van der Waals surface area contributed by atoms with Crippen molar-refractivity contribution in [2.45, 2.75) is 31.4 Å². The molecule has 1 aliphatic carbocycles. The second kappa shape index (κ2) is 3.26. The van der Waals surface area contributed by atoms with Crippen molar-refractivity contribution in [2.75, 3.05) is 0 Å². The first kappa shape index (κ1) is 8.37. The zero-order valence-electron chi connectivity index (χ0n) is 7.13. The van der Waals surface area contributed by atoms with Crippen LogP contribution >= 0.6 is 0 Å². The molecule has 0 aromatic carbocycles. The summed E-state index contributed by atoms with van der Waals surface area (Å²) < 4.78 is 1.58. The molecule has 5 nitrogen and oxygen atoms in total. The number of rotatable bonds is 2. The largest absolute Gasteiger partial charge is 0.391 e. The van der Waals surface area contributed by atoms with Crippen molar-refractivity contribution in [3.05, 3.63) is 11.9 Å². The molecule has 5 heteroatoms. The number of hydrogen-bond acceptors (Lipinski definition) is 4. The fourth-order valence-electron chi connectivity index (χ4n) is 1.74. The predicted molar refractivity (Wildman–Crippen MR) is 44.3 cm³/mol. The van der Waals surface area contributed by atoms with Gasteiger partial charge in [-0.25, -0.2) is 4.68 Å². The van der Waals surface area contributed by atoms with E-state index in [4.69, 9.17) is 0 Å². The molecular formula is C8H11N3O2. The highest BCUT2D eigenvalue weighted by atomic mass is 16.3. The summed E-state index contributed by atoms with van der Waals surface area (Å²) in [6.45, 7) is 0. The van der Waals surface area contributed by atoms with Crippen LogP contribution in [0.1, 0.15) is 35.8 Å². The molecule has 0 aliphatic heterocycles. The van der Waals surface area contributed by atoms with E-state index >= 15 is 0 Å². The molecule has 0 spiro atoms. The second-order valence-corrected chi connectivity index (χ2v) is 3.31. The molecular weight excluding hydrogens is 170 g/mol. The van der Waals surface area contributed by atoms with E-state index in [2.05, 4.69) is 10.3 Å². The molecule has 1 heterocycles. The molecule has 1 aromatic heterocycles. The van der Waals surface area contributed by atoms with Gasteiger partial charge in [-0.15, -0.1) is 5.10 Å². The predicted octanol–water partition coefficient (Wildman–Crippen LogP) is 0.176. The summed E-state index contributed by atoms with van der Waals surface area (Å²) in [4.78, 5) is 10.3. The lowest BCUT2D eigenvalue weighted by Crippen LogP contribution is -2.18. The quantitative estimate of drug-likeness (QED) is 0.661. The Morgan fingerprint density at radius 2 is 2.46 bits per heavy atom. The summed E-state index contributed by atoms with van der Waals surface area (Å²) in [5.41, 5.74) is 0.319. The minimum absolute atomic E-state index is 0.00111. The smallest absolute Gasteiger partial charge is 0.171 e. The van der Waals surface area contributed by atoms with Crippen LogP contribution in [0.2, 0.25) is 0 Å². The van der Waals surface area contributed by atoms with Gasteiger partial charge in [0.15, 0.2) is 6.29 Å². The van der Waals surface area contributed by atoms with Gasteiger partial charge in [-0.2, -0.15) is 0 Å². The van der Waals surface area contributed by atoms with Gasteiger partial charge in [0.25, 0.3) is 0 Å². The molecule has 1 saturated carbocycles. The highest BCUT2D eigenvalue weighted by Crippen LogP contribution is 2.28.